The molecule has 0 unspecified atom stereocenters. The second kappa shape index (κ2) is 7.59. The first-order valence-corrected chi connectivity index (χ1v) is 10.1. The Hall–Kier alpha value is -2.93. The summed E-state index contributed by atoms with van der Waals surface area (Å²) in [7, 11) is 0. The molecule has 7 heteroatoms. The van der Waals surface area contributed by atoms with Crippen molar-refractivity contribution in [2.75, 3.05) is 23.4 Å². The number of ether oxygens (including phenoxy) is 1. The molecule has 0 radical (unpaired) electrons. The lowest BCUT2D eigenvalue weighted by Crippen LogP contribution is -2.28. The third-order valence-corrected chi connectivity index (χ3v) is 5.68. The average molecular weight is 395 g/mol. The molecule has 144 valence electrons. The standard InChI is InChI=1S/C21H21N3O3S/c1-3-27-16-8-9-17-18(11-16)28-21(22-17)23-20(26)14-10-19(25)24(12-14)15-6-4-13(2)5-7-15/h4-9,11,14H,3,10,12H2,1-2H3,(H,22,23,26)/t14-/m1/s1. The van der Waals surface area contributed by atoms with E-state index < -0.39 is 0 Å². The molecule has 1 aliphatic rings. The molecule has 6 nitrogen and oxygen atoms in total. The Morgan fingerprint density at radius 2 is 2.07 bits per heavy atom. The van der Waals surface area contributed by atoms with Crippen molar-refractivity contribution in [2.45, 2.75) is 20.3 Å². The minimum absolute atomic E-state index is 0.0327. The van der Waals surface area contributed by atoms with Crippen LogP contribution in [-0.2, 0) is 9.59 Å². The van der Waals surface area contributed by atoms with Gasteiger partial charge >= 0.3 is 0 Å². The predicted molar refractivity (Wildman–Crippen MR) is 111 cm³/mol. The molecule has 0 bridgehead atoms. The maximum absolute atomic E-state index is 12.7. The number of benzene rings is 2. The second-order valence-electron chi connectivity index (χ2n) is 6.81. The SMILES string of the molecule is CCOc1ccc2nc(NC(=O)[C@@H]3CC(=O)N(c4ccc(C)cc4)C3)sc2c1. The van der Waals surface area contributed by atoms with E-state index in [0.717, 1.165) is 27.2 Å². The van der Waals surface area contributed by atoms with Crippen LogP contribution in [0.1, 0.15) is 18.9 Å². The maximum Gasteiger partial charge on any atom is 0.231 e. The van der Waals surface area contributed by atoms with E-state index in [0.29, 0.717) is 18.3 Å². The Balaban J connectivity index is 1.45. The van der Waals surface area contributed by atoms with Crippen LogP contribution in [-0.4, -0.2) is 29.9 Å². The fourth-order valence-electron chi connectivity index (χ4n) is 3.28. The highest BCUT2D eigenvalue weighted by atomic mass is 32.1. The van der Waals surface area contributed by atoms with Crippen LogP contribution in [0.2, 0.25) is 0 Å². The zero-order valence-corrected chi connectivity index (χ0v) is 16.6. The summed E-state index contributed by atoms with van der Waals surface area (Å²) in [5, 5.41) is 3.41. The minimum Gasteiger partial charge on any atom is -0.494 e. The van der Waals surface area contributed by atoms with E-state index in [2.05, 4.69) is 10.3 Å². The Morgan fingerprint density at radius 3 is 2.82 bits per heavy atom. The Morgan fingerprint density at radius 1 is 1.29 bits per heavy atom. The van der Waals surface area contributed by atoms with Gasteiger partial charge in [0.15, 0.2) is 5.13 Å². The Labute approximate surface area is 167 Å². The van der Waals surface area contributed by atoms with Gasteiger partial charge in [-0.3, -0.25) is 9.59 Å². The van der Waals surface area contributed by atoms with Gasteiger partial charge in [-0.2, -0.15) is 0 Å². The van der Waals surface area contributed by atoms with E-state index >= 15 is 0 Å². The van der Waals surface area contributed by atoms with Crippen LogP contribution in [0.15, 0.2) is 42.5 Å². The molecule has 0 aliphatic carbocycles. The Bertz CT molecular complexity index is 1030. The summed E-state index contributed by atoms with van der Waals surface area (Å²) in [5.41, 5.74) is 2.77. The zero-order chi connectivity index (χ0) is 19.7. The summed E-state index contributed by atoms with van der Waals surface area (Å²) < 4.78 is 6.46. The summed E-state index contributed by atoms with van der Waals surface area (Å²) in [6, 6.07) is 13.4. The maximum atomic E-state index is 12.7. The highest BCUT2D eigenvalue weighted by Crippen LogP contribution is 2.31. The number of amides is 2. The number of nitrogens with zero attached hydrogens (tertiary/aromatic N) is 2. The van der Waals surface area contributed by atoms with Gasteiger partial charge in [-0.25, -0.2) is 4.98 Å². The van der Waals surface area contributed by atoms with E-state index in [1.54, 1.807) is 4.90 Å². The van der Waals surface area contributed by atoms with Crippen molar-refractivity contribution in [2.24, 2.45) is 5.92 Å². The summed E-state index contributed by atoms with van der Waals surface area (Å²) in [6.07, 6.45) is 0.207. The van der Waals surface area contributed by atoms with Crippen LogP contribution in [0.5, 0.6) is 5.75 Å². The molecule has 1 fully saturated rings. The molecule has 2 aromatic carbocycles. The fraction of sp³-hybridized carbons (Fsp3) is 0.286. The number of aryl methyl sites for hydroxylation is 1. The molecular formula is C21H21N3O3S. The molecule has 1 saturated heterocycles. The number of hydrogen-bond donors (Lipinski definition) is 1. The largest absolute Gasteiger partial charge is 0.494 e. The van der Waals surface area contributed by atoms with E-state index in [1.807, 2.05) is 56.3 Å². The third kappa shape index (κ3) is 3.71. The summed E-state index contributed by atoms with van der Waals surface area (Å²) in [4.78, 5) is 31.2. The lowest BCUT2D eigenvalue weighted by atomic mass is 10.1. The van der Waals surface area contributed by atoms with Gasteiger partial charge in [0.1, 0.15) is 5.75 Å². The highest BCUT2D eigenvalue weighted by molar-refractivity contribution is 7.22. The minimum atomic E-state index is -0.389. The van der Waals surface area contributed by atoms with Crippen LogP contribution in [0, 0.1) is 12.8 Å². The number of nitrogens with one attached hydrogen (secondary N) is 1. The number of carbonyl (C=O) groups is 2. The molecule has 0 spiro atoms. The predicted octanol–water partition coefficient (Wildman–Crippen LogP) is 4.00. The number of carbonyl (C=O) groups excluding carboxylic acids is 2. The number of aromatic nitrogens is 1. The van der Waals surface area contributed by atoms with Gasteiger partial charge in [-0.1, -0.05) is 29.0 Å². The molecule has 1 aliphatic heterocycles. The molecular weight excluding hydrogens is 374 g/mol. The first-order chi connectivity index (χ1) is 13.5. The van der Waals surface area contributed by atoms with Crippen molar-refractivity contribution >= 4 is 44.2 Å². The van der Waals surface area contributed by atoms with Crippen LogP contribution >= 0.6 is 11.3 Å². The summed E-state index contributed by atoms with van der Waals surface area (Å²) in [6.45, 7) is 4.92. The molecule has 2 heterocycles. The Kier molecular flexibility index (Phi) is 5.00. The van der Waals surface area contributed by atoms with E-state index in [9.17, 15) is 9.59 Å². The topological polar surface area (TPSA) is 71.5 Å². The molecule has 0 saturated carbocycles. The smallest absolute Gasteiger partial charge is 0.231 e. The molecule has 1 atom stereocenters. The molecule has 4 rings (SSSR count). The lowest BCUT2D eigenvalue weighted by Gasteiger charge is -2.16. The normalized spacial score (nSPS) is 16.6. The van der Waals surface area contributed by atoms with Gasteiger partial charge in [-0.15, -0.1) is 0 Å². The highest BCUT2D eigenvalue weighted by Gasteiger charge is 2.35. The van der Waals surface area contributed by atoms with Crippen molar-refractivity contribution in [1.82, 2.24) is 4.98 Å². The number of fused-ring (bicyclic) bond motifs is 1. The molecule has 3 aromatic rings. The van der Waals surface area contributed by atoms with Gasteiger partial charge in [0.2, 0.25) is 11.8 Å². The summed E-state index contributed by atoms with van der Waals surface area (Å²) >= 11 is 1.40. The quantitative estimate of drug-likeness (QED) is 0.709. The monoisotopic (exact) mass is 395 g/mol. The molecule has 1 aromatic heterocycles. The van der Waals surface area contributed by atoms with Gasteiger partial charge in [0.05, 0.1) is 22.7 Å². The van der Waals surface area contributed by atoms with Crippen molar-refractivity contribution in [3.05, 3.63) is 48.0 Å². The number of thiazole rings is 1. The van der Waals surface area contributed by atoms with Gasteiger partial charge < -0.3 is 15.0 Å². The van der Waals surface area contributed by atoms with E-state index in [-0.39, 0.29) is 24.2 Å². The molecule has 1 N–H and O–H groups in total. The van der Waals surface area contributed by atoms with Crippen molar-refractivity contribution in [3.8, 4) is 5.75 Å². The third-order valence-electron chi connectivity index (χ3n) is 4.74. The first kappa shape index (κ1) is 18.4. The van der Waals surface area contributed by atoms with Crippen LogP contribution < -0.4 is 15.0 Å². The molecule has 2 amide bonds. The molecule has 28 heavy (non-hydrogen) atoms. The van der Waals surface area contributed by atoms with Gasteiger partial charge in [-0.05, 0) is 44.2 Å². The first-order valence-electron chi connectivity index (χ1n) is 9.25. The van der Waals surface area contributed by atoms with Crippen LogP contribution in [0.4, 0.5) is 10.8 Å². The van der Waals surface area contributed by atoms with Gasteiger partial charge in [0, 0.05) is 18.7 Å². The average Bonchev–Trinajstić information content (AvgIpc) is 3.25. The van der Waals surface area contributed by atoms with Crippen molar-refractivity contribution in [1.29, 1.82) is 0 Å². The van der Waals surface area contributed by atoms with Crippen LogP contribution in [0.3, 0.4) is 0 Å². The fourth-order valence-corrected chi connectivity index (χ4v) is 4.18. The van der Waals surface area contributed by atoms with Crippen molar-refractivity contribution < 1.29 is 14.3 Å². The number of rotatable bonds is 5. The van der Waals surface area contributed by atoms with Crippen LogP contribution in [0.25, 0.3) is 10.2 Å². The lowest BCUT2D eigenvalue weighted by molar-refractivity contribution is -0.122. The van der Waals surface area contributed by atoms with E-state index in [4.69, 9.17) is 4.74 Å². The zero-order valence-electron chi connectivity index (χ0n) is 15.8. The number of hydrogen-bond acceptors (Lipinski definition) is 5. The van der Waals surface area contributed by atoms with E-state index in [1.165, 1.54) is 11.3 Å². The number of anilines is 2. The second-order valence-corrected chi connectivity index (χ2v) is 7.84. The van der Waals surface area contributed by atoms with Crippen molar-refractivity contribution in [3.63, 3.8) is 0 Å². The summed E-state index contributed by atoms with van der Waals surface area (Å²) in [5.74, 6) is 0.188. The van der Waals surface area contributed by atoms with Gasteiger partial charge in [0.25, 0.3) is 0 Å².